The summed E-state index contributed by atoms with van der Waals surface area (Å²) < 4.78 is 32.9. The van der Waals surface area contributed by atoms with E-state index >= 15 is 0 Å². The van der Waals surface area contributed by atoms with E-state index in [4.69, 9.17) is 28.4 Å². The summed E-state index contributed by atoms with van der Waals surface area (Å²) in [6.07, 6.45) is 15.2. The lowest BCUT2D eigenvalue weighted by Gasteiger charge is -2.09. The Hall–Kier alpha value is -1.67. The SMILES string of the molecule is CCCCCCCCc1ccc(OCCOCCOCCOCCOCCOC(=O)CCCCCCC)cc1. The molecule has 0 spiro atoms. The zero-order chi connectivity index (χ0) is 28.1. The molecule has 0 saturated carbocycles. The van der Waals surface area contributed by atoms with Gasteiger partial charge in [0.25, 0.3) is 0 Å². The first-order valence-corrected chi connectivity index (χ1v) is 15.4. The van der Waals surface area contributed by atoms with Crippen molar-refractivity contribution in [1.29, 1.82) is 0 Å². The van der Waals surface area contributed by atoms with Gasteiger partial charge in [0.2, 0.25) is 0 Å². The summed E-state index contributed by atoms with van der Waals surface area (Å²) in [5, 5.41) is 0. The first kappa shape index (κ1) is 35.4. The number of ether oxygens (including phenoxy) is 6. The van der Waals surface area contributed by atoms with Crippen molar-refractivity contribution in [2.24, 2.45) is 0 Å². The maximum atomic E-state index is 11.6. The molecule has 0 amide bonds. The van der Waals surface area contributed by atoms with E-state index in [9.17, 15) is 4.79 Å². The number of esters is 1. The minimum Gasteiger partial charge on any atom is -0.491 e. The van der Waals surface area contributed by atoms with Gasteiger partial charge in [-0.15, -0.1) is 0 Å². The molecule has 0 aliphatic heterocycles. The number of carbonyl (C=O) groups excluding carboxylic acids is 1. The van der Waals surface area contributed by atoms with E-state index in [1.54, 1.807) is 0 Å². The molecule has 1 rings (SSSR count). The lowest BCUT2D eigenvalue weighted by atomic mass is 10.0. The van der Waals surface area contributed by atoms with Crippen LogP contribution in [0.2, 0.25) is 0 Å². The number of unbranched alkanes of at least 4 members (excludes halogenated alkanes) is 9. The molecule has 0 aromatic heterocycles. The van der Waals surface area contributed by atoms with Crippen molar-refractivity contribution in [3.8, 4) is 5.75 Å². The number of carbonyl (C=O) groups is 1. The normalized spacial score (nSPS) is 11.1. The van der Waals surface area contributed by atoms with Crippen LogP contribution >= 0.6 is 0 Å². The summed E-state index contributed by atoms with van der Waals surface area (Å²) >= 11 is 0. The van der Waals surface area contributed by atoms with Crippen LogP contribution in [0.5, 0.6) is 5.75 Å². The van der Waals surface area contributed by atoms with Gasteiger partial charge in [0.1, 0.15) is 19.0 Å². The molecule has 0 unspecified atom stereocenters. The van der Waals surface area contributed by atoms with Crippen molar-refractivity contribution in [2.45, 2.75) is 97.3 Å². The second-order valence-electron chi connectivity index (χ2n) is 9.84. The number of hydrogen-bond donors (Lipinski definition) is 0. The molecule has 1 aromatic carbocycles. The summed E-state index contributed by atoms with van der Waals surface area (Å²) in [7, 11) is 0. The average molecular weight is 553 g/mol. The molecule has 1 aromatic rings. The highest BCUT2D eigenvalue weighted by Crippen LogP contribution is 2.15. The van der Waals surface area contributed by atoms with Crippen LogP contribution in [-0.4, -0.2) is 72.0 Å². The highest BCUT2D eigenvalue weighted by atomic mass is 16.6. The monoisotopic (exact) mass is 552 g/mol. The summed E-state index contributed by atoms with van der Waals surface area (Å²) in [6, 6.07) is 8.43. The van der Waals surface area contributed by atoms with E-state index in [1.165, 1.54) is 63.4 Å². The molecular formula is C32H56O7. The second kappa shape index (κ2) is 27.9. The van der Waals surface area contributed by atoms with Gasteiger partial charge in [-0.3, -0.25) is 4.79 Å². The van der Waals surface area contributed by atoms with Crippen LogP contribution in [0.25, 0.3) is 0 Å². The Labute approximate surface area is 238 Å². The number of benzene rings is 1. The highest BCUT2D eigenvalue weighted by Gasteiger charge is 2.02. The van der Waals surface area contributed by atoms with Crippen LogP contribution in [0.15, 0.2) is 24.3 Å². The summed E-state index contributed by atoms with van der Waals surface area (Å²) in [5.74, 6) is 0.750. The van der Waals surface area contributed by atoms with Crippen molar-refractivity contribution in [3.63, 3.8) is 0 Å². The fourth-order valence-corrected chi connectivity index (χ4v) is 4.00. The third kappa shape index (κ3) is 23.9. The van der Waals surface area contributed by atoms with Gasteiger partial charge in [-0.2, -0.15) is 0 Å². The smallest absolute Gasteiger partial charge is 0.305 e. The Kier molecular flexibility index (Phi) is 25.3. The Morgan fingerprint density at radius 1 is 0.538 bits per heavy atom. The van der Waals surface area contributed by atoms with E-state index in [0.29, 0.717) is 72.5 Å². The fraction of sp³-hybridized carbons (Fsp3) is 0.781. The Morgan fingerprint density at radius 3 is 1.56 bits per heavy atom. The van der Waals surface area contributed by atoms with Gasteiger partial charge in [0, 0.05) is 6.42 Å². The maximum absolute atomic E-state index is 11.6. The quantitative estimate of drug-likeness (QED) is 0.0787. The molecule has 0 radical (unpaired) electrons. The average Bonchev–Trinajstić information content (AvgIpc) is 2.95. The van der Waals surface area contributed by atoms with Gasteiger partial charge in [-0.1, -0.05) is 83.8 Å². The van der Waals surface area contributed by atoms with Crippen LogP contribution in [0.1, 0.15) is 96.5 Å². The van der Waals surface area contributed by atoms with Crippen molar-refractivity contribution in [2.75, 3.05) is 66.1 Å². The Bertz CT molecular complexity index is 650. The van der Waals surface area contributed by atoms with Crippen molar-refractivity contribution >= 4 is 5.97 Å². The maximum Gasteiger partial charge on any atom is 0.305 e. The first-order chi connectivity index (χ1) is 19.3. The summed E-state index contributed by atoms with van der Waals surface area (Å²) in [4.78, 5) is 11.6. The minimum atomic E-state index is -0.136. The van der Waals surface area contributed by atoms with Crippen LogP contribution in [0, 0.1) is 0 Å². The van der Waals surface area contributed by atoms with Gasteiger partial charge < -0.3 is 28.4 Å². The van der Waals surface area contributed by atoms with Gasteiger partial charge in [-0.05, 0) is 37.0 Å². The minimum absolute atomic E-state index is 0.136. The molecule has 39 heavy (non-hydrogen) atoms. The zero-order valence-electron chi connectivity index (χ0n) is 24.9. The molecule has 0 aliphatic carbocycles. The molecule has 0 N–H and O–H groups in total. The molecule has 0 atom stereocenters. The topological polar surface area (TPSA) is 72.5 Å². The van der Waals surface area contributed by atoms with Crippen molar-refractivity contribution in [1.82, 2.24) is 0 Å². The van der Waals surface area contributed by atoms with Crippen molar-refractivity contribution in [3.05, 3.63) is 29.8 Å². The summed E-state index contributed by atoms with van der Waals surface area (Å²) in [6.45, 7) is 9.23. The van der Waals surface area contributed by atoms with Crippen LogP contribution in [-0.2, 0) is 34.9 Å². The largest absolute Gasteiger partial charge is 0.491 e. The Balaban J connectivity index is 1.79. The predicted molar refractivity (Wildman–Crippen MR) is 157 cm³/mol. The second-order valence-corrected chi connectivity index (χ2v) is 9.84. The molecule has 0 fully saturated rings. The molecule has 7 heteroatoms. The molecule has 7 nitrogen and oxygen atoms in total. The van der Waals surface area contributed by atoms with Crippen LogP contribution in [0.3, 0.4) is 0 Å². The fourth-order valence-electron chi connectivity index (χ4n) is 4.00. The number of rotatable bonds is 29. The van der Waals surface area contributed by atoms with Gasteiger partial charge >= 0.3 is 5.97 Å². The lowest BCUT2D eigenvalue weighted by Crippen LogP contribution is -2.15. The third-order valence-electron chi connectivity index (χ3n) is 6.33. The number of hydrogen-bond acceptors (Lipinski definition) is 7. The van der Waals surface area contributed by atoms with E-state index in [0.717, 1.165) is 25.0 Å². The third-order valence-corrected chi connectivity index (χ3v) is 6.33. The van der Waals surface area contributed by atoms with Crippen molar-refractivity contribution < 1.29 is 33.2 Å². The molecule has 0 bridgehead atoms. The molecule has 0 aliphatic rings. The molecule has 0 saturated heterocycles. The Morgan fingerprint density at radius 2 is 1.00 bits per heavy atom. The predicted octanol–water partition coefficient (Wildman–Crippen LogP) is 6.94. The van der Waals surface area contributed by atoms with Crippen LogP contribution < -0.4 is 4.74 Å². The van der Waals surface area contributed by atoms with Gasteiger partial charge in [0.15, 0.2) is 0 Å². The van der Waals surface area contributed by atoms with E-state index in [-0.39, 0.29) is 5.97 Å². The van der Waals surface area contributed by atoms with E-state index in [1.807, 2.05) is 12.1 Å². The molecule has 0 heterocycles. The molecular weight excluding hydrogens is 496 g/mol. The summed E-state index contributed by atoms with van der Waals surface area (Å²) in [5.41, 5.74) is 1.38. The molecule has 226 valence electrons. The first-order valence-electron chi connectivity index (χ1n) is 15.4. The highest BCUT2D eigenvalue weighted by molar-refractivity contribution is 5.69. The van der Waals surface area contributed by atoms with Crippen LogP contribution in [0.4, 0.5) is 0 Å². The van der Waals surface area contributed by atoms with Gasteiger partial charge in [-0.25, -0.2) is 0 Å². The van der Waals surface area contributed by atoms with E-state index < -0.39 is 0 Å². The zero-order valence-corrected chi connectivity index (χ0v) is 24.9. The number of aryl methyl sites for hydroxylation is 1. The lowest BCUT2D eigenvalue weighted by molar-refractivity contribution is -0.145. The van der Waals surface area contributed by atoms with E-state index in [2.05, 4.69) is 26.0 Å². The van der Waals surface area contributed by atoms with Gasteiger partial charge in [0.05, 0.1) is 52.9 Å². The standard InChI is InChI=1S/C32H56O7/c1-3-5-7-9-11-12-14-30-16-18-31(19-17-30)38-28-26-36-24-22-34-20-21-35-23-25-37-27-29-39-32(33)15-13-10-8-6-4-2/h16-19H,3-15,20-29H2,1-2H3.